The second-order valence-electron chi connectivity index (χ2n) is 5.70. The van der Waals surface area contributed by atoms with Crippen molar-refractivity contribution in [2.24, 2.45) is 5.92 Å². The molecule has 0 aromatic carbocycles. The minimum Gasteiger partial charge on any atom is -0.481 e. The Bertz CT molecular complexity index is 335. The number of carbonyl (C=O) groups is 2. The van der Waals surface area contributed by atoms with E-state index in [-0.39, 0.29) is 12.3 Å². The van der Waals surface area contributed by atoms with Crippen LogP contribution in [0.15, 0.2) is 12.2 Å². The molecule has 4 nitrogen and oxygen atoms in total. The van der Waals surface area contributed by atoms with Crippen molar-refractivity contribution < 1.29 is 14.7 Å². The van der Waals surface area contributed by atoms with E-state index < -0.39 is 11.9 Å². The number of carboxylic acid groups (broad SMARTS) is 1. The molecule has 0 aliphatic heterocycles. The molecule has 1 atom stereocenters. The third-order valence-electron chi connectivity index (χ3n) is 3.92. The molecule has 0 saturated heterocycles. The number of rotatable bonds is 13. The lowest BCUT2D eigenvalue weighted by Gasteiger charge is -2.19. The van der Waals surface area contributed by atoms with Gasteiger partial charge in [-0.25, -0.2) is 0 Å². The number of allylic oxidation sites excluding steroid dienone is 1. The van der Waals surface area contributed by atoms with Gasteiger partial charge in [-0.15, -0.1) is 0 Å². The smallest absolute Gasteiger partial charge is 0.310 e. The highest BCUT2D eigenvalue weighted by atomic mass is 16.4. The van der Waals surface area contributed by atoms with Crippen molar-refractivity contribution in [3.8, 4) is 0 Å². The van der Waals surface area contributed by atoms with Crippen molar-refractivity contribution in [3.63, 3.8) is 0 Å². The van der Waals surface area contributed by atoms with Gasteiger partial charge in [-0.2, -0.15) is 0 Å². The van der Waals surface area contributed by atoms with E-state index in [1.807, 2.05) is 19.9 Å². The first-order valence-corrected chi connectivity index (χ1v) is 8.73. The van der Waals surface area contributed by atoms with Gasteiger partial charge in [0.25, 0.3) is 0 Å². The Hall–Kier alpha value is -1.32. The fourth-order valence-electron chi connectivity index (χ4n) is 2.43. The highest BCUT2D eigenvalue weighted by Gasteiger charge is 2.20. The molecular formula is C18H33NO3. The van der Waals surface area contributed by atoms with Gasteiger partial charge >= 0.3 is 5.97 Å². The summed E-state index contributed by atoms with van der Waals surface area (Å²) >= 11 is 0. The van der Waals surface area contributed by atoms with Crippen LogP contribution in [0.3, 0.4) is 0 Å². The highest BCUT2D eigenvalue weighted by molar-refractivity contribution is 5.83. The summed E-state index contributed by atoms with van der Waals surface area (Å²) in [6.45, 7) is 7.28. The topological polar surface area (TPSA) is 57.6 Å². The number of nitrogens with zero attached hydrogens (tertiary/aromatic N) is 1. The minimum absolute atomic E-state index is 0.0595. The van der Waals surface area contributed by atoms with Crippen LogP contribution in [0.1, 0.15) is 72.1 Å². The fraction of sp³-hybridized carbons (Fsp3) is 0.778. The third kappa shape index (κ3) is 9.59. The van der Waals surface area contributed by atoms with E-state index in [1.54, 1.807) is 11.0 Å². The first-order valence-electron chi connectivity index (χ1n) is 8.73. The normalized spacial score (nSPS) is 12.5. The van der Waals surface area contributed by atoms with Crippen molar-refractivity contribution >= 4 is 11.9 Å². The molecule has 128 valence electrons. The van der Waals surface area contributed by atoms with E-state index in [1.165, 1.54) is 32.1 Å². The maximum absolute atomic E-state index is 12.0. The van der Waals surface area contributed by atoms with Crippen molar-refractivity contribution in [1.29, 1.82) is 0 Å². The van der Waals surface area contributed by atoms with Crippen molar-refractivity contribution in [3.05, 3.63) is 12.2 Å². The second-order valence-corrected chi connectivity index (χ2v) is 5.70. The van der Waals surface area contributed by atoms with Crippen LogP contribution in [-0.2, 0) is 9.59 Å². The molecule has 0 aliphatic carbocycles. The molecule has 0 radical (unpaired) electrons. The zero-order chi connectivity index (χ0) is 16.8. The summed E-state index contributed by atoms with van der Waals surface area (Å²) in [7, 11) is 0. The molecule has 4 heteroatoms. The predicted octanol–water partition coefficient (Wildman–Crippen LogP) is 4.25. The van der Waals surface area contributed by atoms with Crippen LogP contribution in [0.5, 0.6) is 0 Å². The van der Waals surface area contributed by atoms with E-state index in [9.17, 15) is 14.7 Å². The van der Waals surface area contributed by atoms with Gasteiger partial charge in [0.15, 0.2) is 0 Å². The number of hydrogen-bond acceptors (Lipinski definition) is 2. The summed E-state index contributed by atoms with van der Waals surface area (Å²) in [5, 5.41) is 9.23. The number of unbranched alkanes of at least 4 members (excludes halogenated alkanes) is 6. The third-order valence-corrected chi connectivity index (χ3v) is 3.92. The van der Waals surface area contributed by atoms with Crippen molar-refractivity contribution in [1.82, 2.24) is 4.90 Å². The maximum Gasteiger partial charge on any atom is 0.310 e. The zero-order valence-electron chi connectivity index (χ0n) is 14.5. The number of carbonyl (C=O) groups excluding carboxylic acids is 1. The van der Waals surface area contributed by atoms with Gasteiger partial charge in [-0.1, -0.05) is 51.2 Å². The lowest BCUT2D eigenvalue weighted by molar-refractivity contribution is -0.144. The number of carboxylic acids is 1. The van der Waals surface area contributed by atoms with Crippen molar-refractivity contribution in [2.75, 3.05) is 13.1 Å². The van der Waals surface area contributed by atoms with Crippen LogP contribution in [-0.4, -0.2) is 35.0 Å². The largest absolute Gasteiger partial charge is 0.481 e. The molecule has 1 N–H and O–H groups in total. The summed E-state index contributed by atoms with van der Waals surface area (Å²) in [5.74, 6) is -1.70. The minimum atomic E-state index is -0.917. The number of amides is 1. The lowest BCUT2D eigenvalue weighted by Crippen LogP contribution is -2.33. The Kier molecular flexibility index (Phi) is 12.5. The van der Waals surface area contributed by atoms with Gasteiger partial charge in [0.1, 0.15) is 0 Å². The zero-order valence-corrected chi connectivity index (χ0v) is 14.5. The van der Waals surface area contributed by atoms with Crippen LogP contribution in [0.2, 0.25) is 0 Å². The van der Waals surface area contributed by atoms with E-state index in [4.69, 9.17) is 0 Å². The Morgan fingerprint density at radius 1 is 1.00 bits per heavy atom. The number of hydrogen-bond donors (Lipinski definition) is 1. The molecule has 0 aliphatic rings. The summed E-state index contributed by atoms with van der Waals surface area (Å²) < 4.78 is 0. The van der Waals surface area contributed by atoms with Gasteiger partial charge in [0.2, 0.25) is 5.91 Å². The predicted molar refractivity (Wildman–Crippen MR) is 90.8 cm³/mol. The van der Waals surface area contributed by atoms with Crippen LogP contribution in [0, 0.1) is 5.92 Å². The Morgan fingerprint density at radius 3 is 2.14 bits per heavy atom. The molecule has 0 aromatic heterocycles. The Balaban J connectivity index is 4.11. The van der Waals surface area contributed by atoms with Crippen molar-refractivity contribution in [2.45, 2.75) is 72.1 Å². The molecule has 1 unspecified atom stereocenters. The fourth-order valence-corrected chi connectivity index (χ4v) is 2.43. The summed E-state index contributed by atoms with van der Waals surface area (Å²) in [4.78, 5) is 24.9. The maximum atomic E-state index is 12.0. The Labute approximate surface area is 135 Å². The molecule has 0 fully saturated rings. The van der Waals surface area contributed by atoms with E-state index >= 15 is 0 Å². The first-order chi connectivity index (χ1) is 10.6. The summed E-state index contributed by atoms with van der Waals surface area (Å²) in [5.41, 5.74) is 0. The molecule has 0 saturated carbocycles. The first kappa shape index (κ1) is 20.7. The van der Waals surface area contributed by atoms with Gasteiger partial charge < -0.3 is 10.0 Å². The molecular weight excluding hydrogens is 278 g/mol. The highest BCUT2D eigenvalue weighted by Crippen LogP contribution is 2.11. The summed E-state index contributed by atoms with van der Waals surface area (Å²) in [6.07, 6.45) is 12.0. The quantitative estimate of drug-likeness (QED) is 0.408. The van der Waals surface area contributed by atoms with E-state index in [2.05, 4.69) is 6.92 Å². The van der Waals surface area contributed by atoms with Crippen LogP contribution in [0.4, 0.5) is 0 Å². The number of aliphatic carboxylic acids is 1. The van der Waals surface area contributed by atoms with E-state index in [0.29, 0.717) is 13.1 Å². The molecule has 0 spiro atoms. The Morgan fingerprint density at radius 2 is 1.59 bits per heavy atom. The molecule has 0 bridgehead atoms. The van der Waals surface area contributed by atoms with Crippen LogP contribution >= 0.6 is 0 Å². The van der Waals surface area contributed by atoms with Gasteiger partial charge in [0, 0.05) is 19.5 Å². The standard InChI is InChI=1S/C18H33NO3/c1-4-7-8-9-10-11-12-13-14-16(18(21)22)15-17(20)19(5-2)6-3/h13-14,16H,4-12,15H2,1-3H3,(H,21,22)/b14-13+. The van der Waals surface area contributed by atoms with E-state index in [0.717, 1.165) is 12.8 Å². The molecule has 0 heterocycles. The monoisotopic (exact) mass is 311 g/mol. The SMILES string of the molecule is CCCCCCCC/C=C/C(CC(=O)N(CC)CC)C(=O)O. The van der Waals surface area contributed by atoms with Crippen LogP contribution in [0.25, 0.3) is 0 Å². The average Bonchev–Trinajstić information content (AvgIpc) is 2.49. The average molecular weight is 311 g/mol. The van der Waals surface area contributed by atoms with Crippen LogP contribution < -0.4 is 0 Å². The second kappa shape index (κ2) is 13.4. The lowest BCUT2D eigenvalue weighted by atomic mass is 10.0. The molecule has 22 heavy (non-hydrogen) atoms. The van der Waals surface area contributed by atoms with Gasteiger partial charge in [0.05, 0.1) is 5.92 Å². The molecule has 0 rings (SSSR count). The molecule has 1 amide bonds. The molecule has 0 aromatic rings. The van der Waals surface area contributed by atoms with Gasteiger partial charge in [-0.3, -0.25) is 9.59 Å². The van der Waals surface area contributed by atoms with Gasteiger partial charge in [-0.05, 0) is 26.7 Å². The summed E-state index contributed by atoms with van der Waals surface area (Å²) in [6, 6.07) is 0.